The maximum absolute atomic E-state index is 10.5. The third-order valence-electron chi connectivity index (χ3n) is 2.99. The van der Waals surface area contributed by atoms with Gasteiger partial charge in [0.2, 0.25) is 0 Å². The molecule has 0 aromatic carbocycles. The highest BCUT2D eigenvalue weighted by Gasteiger charge is 2.22. The van der Waals surface area contributed by atoms with Gasteiger partial charge in [0.15, 0.2) is 0 Å². The second-order valence-corrected chi connectivity index (χ2v) is 6.40. The fourth-order valence-electron chi connectivity index (χ4n) is 1.89. The van der Waals surface area contributed by atoms with Crippen molar-refractivity contribution >= 4 is 22.9 Å². The van der Waals surface area contributed by atoms with Crippen LogP contribution in [0.25, 0.3) is 0 Å². The lowest BCUT2D eigenvalue weighted by molar-refractivity contribution is 0.209. The van der Waals surface area contributed by atoms with Crippen LogP contribution in [0.4, 0.5) is 0 Å². The predicted octanol–water partition coefficient (Wildman–Crippen LogP) is 3.88. The van der Waals surface area contributed by atoms with Crippen molar-refractivity contribution in [3.8, 4) is 0 Å². The number of halogens is 1. The summed E-state index contributed by atoms with van der Waals surface area (Å²) >= 11 is 7.74. The van der Waals surface area contributed by atoms with Crippen LogP contribution < -0.4 is 0 Å². The zero-order chi connectivity index (χ0) is 13.4. The molecule has 0 amide bonds. The summed E-state index contributed by atoms with van der Waals surface area (Å²) in [6, 6.07) is 2.18. The number of hydrogen-bond acceptors (Lipinski definition) is 3. The Morgan fingerprint density at radius 2 is 2.06 bits per heavy atom. The fourth-order valence-corrected chi connectivity index (χ4v) is 3.16. The minimum absolute atomic E-state index is 0.171. The molecule has 1 atom stereocenters. The van der Waals surface area contributed by atoms with E-state index in [9.17, 15) is 5.11 Å². The molecule has 0 aliphatic rings. The van der Waals surface area contributed by atoms with E-state index in [4.69, 9.17) is 11.6 Å². The van der Waals surface area contributed by atoms with Gasteiger partial charge in [-0.3, -0.25) is 4.68 Å². The third kappa shape index (κ3) is 2.32. The largest absolute Gasteiger partial charge is 0.381 e. The number of thiophene rings is 1. The van der Waals surface area contributed by atoms with Gasteiger partial charge in [0, 0.05) is 15.8 Å². The van der Waals surface area contributed by atoms with Crippen molar-refractivity contribution < 1.29 is 5.11 Å². The SMILES string of the molecule is Cc1cc(C(O)c2c(Cl)cnn2C(C)C)sc1C. The Balaban J connectivity index is 2.45. The molecular weight excluding hydrogens is 268 g/mol. The quantitative estimate of drug-likeness (QED) is 0.929. The van der Waals surface area contributed by atoms with Crippen LogP contribution in [0.1, 0.15) is 47.0 Å². The van der Waals surface area contributed by atoms with Gasteiger partial charge in [0.05, 0.1) is 16.9 Å². The van der Waals surface area contributed by atoms with Crippen molar-refractivity contribution in [1.29, 1.82) is 0 Å². The average Bonchev–Trinajstić information content (AvgIpc) is 2.83. The van der Waals surface area contributed by atoms with E-state index >= 15 is 0 Å². The summed E-state index contributed by atoms with van der Waals surface area (Å²) in [7, 11) is 0. The highest BCUT2D eigenvalue weighted by atomic mass is 35.5. The number of nitrogens with zero attached hydrogens (tertiary/aromatic N) is 2. The Kier molecular flexibility index (Phi) is 3.80. The first kappa shape index (κ1) is 13.6. The van der Waals surface area contributed by atoms with Crippen LogP contribution in [0.2, 0.25) is 5.02 Å². The minimum atomic E-state index is -0.709. The molecule has 0 aliphatic heterocycles. The second-order valence-electron chi connectivity index (χ2n) is 4.71. The molecule has 0 spiro atoms. The van der Waals surface area contributed by atoms with Crippen molar-refractivity contribution in [2.45, 2.75) is 39.8 Å². The molecule has 2 heterocycles. The topological polar surface area (TPSA) is 38.1 Å². The fraction of sp³-hybridized carbons (Fsp3) is 0.462. The standard InChI is InChI=1S/C13H17ClN2OS/c1-7(2)16-12(10(14)6-15-16)13(17)11-5-8(3)9(4)18-11/h5-7,13,17H,1-4H3. The van der Waals surface area contributed by atoms with Crippen LogP contribution in [0, 0.1) is 13.8 Å². The van der Waals surface area contributed by atoms with Crippen LogP contribution in [0.5, 0.6) is 0 Å². The van der Waals surface area contributed by atoms with Gasteiger partial charge in [-0.25, -0.2) is 0 Å². The average molecular weight is 285 g/mol. The van der Waals surface area contributed by atoms with Gasteiger partial charge < -0.3 is 5.11 Å². The molecule has 2 rings (SSSR count). The van der Waals surface area contributed by atoms with E-state index in [-0.39, 0.29) is 6.04 Å². The van der Waals surface area contributed by atoms with Crippen LogP contribution in [-0.4, -0.2) is 14.9 Å². The first-order valence-corrected chi connectivity index (χ1v) is 7.09. The Hall–Kier alpha value is -0.840. The van der Waals surface area contributed by atoms with E-state index in [2.05, 4.69) is 12.0 Å². The smallest absolute Gasteiger partial charge is 0.131 e. The molecule has 0 radical (unpaired) electrons. The first-order chi connectivity index (χ1) is 8.41. The zero-order valence-electron chi connectivity index (χ0n) is 10.9. The maximum atomic E-state index is 10.5. The predicted molar refractivity (Wildman–Crippen MR) is 75.5 cm³/mol. The molecule has 3 nitrogen and oxygen atoms in total. The van der Waals surface area contributed by atoms with Gasteiger partial charge in [0.1, 0.15) is 6.10 Å². The molecule has 2 aromatic rings. The van der Waals surface area contributed by atoms with Crippen molar-refractivity contribution in [3.63, 3.8) is 0 Å². The highest BCUT2D eigenvalue weighted by molar-refractivity contribution is 7.12. The monoisotopic (exact) mass is 284 g/mol. The number of hydrogen-bond donors (Lipinski definition) is 1. The third-order valence-corrected chi connectivity index (χ3v) is 4.49. The summed E-state index contributed by atoms with van der Waals surface area (Å²) in [6.45, 7) is 8.13. The number of rotatable bonds is 3. The van der Waals surface area contributed by atoms with Gasteiger partial charge in [-0.05, 0) is 39.3 Å². The number of aliphatic hydroxyl groups excluding tert-OH is 1. The Labute approximate surface area is 116 Å². The summed E-state index contributed by atoms with van der Waals surface area (Å²) in [5, 5.41) is 15.2. The molecule has 98 valence electrons. The van der Waals surface area contributed by atoms with E-state index in [1.165, 1.54) is 10.4 Å². The number of aromatic nitrogens is 2. The lowest BCUT2D eigenvalue weighted by atomic mass is 10.2. The summed E-state index contributed by atoms with van der Waals surface area (Å²) in [5.74, 6) is 0. The molecule has 0 fully saturated rings. The zero-order valence-corrected chi connectivity index (χ0v) is 12.5. The molecular formula is C13H17ClN2OS. The summed E-state index contributed by atoms with van der Waals surface area (Å²) < 4.78 is 1.78. The molecule has 0 bridgehead atoms. The van der Waals surface area contributed by atoms with E-state index in [0.717, 1.165) is 4.88 Å². The van der Waals surface area contributed by atoms with Crippen molar-refractivity contribution in [3.05, 3.63) is 38.3 Å². The van der Waals surface area contributed by atoms with E-state index in [0.29, 0.717) is 10.7 Å². The van der Waals surface area contributed by atoms with Crippen LogP contribution >= 0.6 is 22.9 Å². The molecule has 2 aromatic heterocycles. The lowest BCUT2D eigenvalue weighted by Gasteiger charge is -2.15. The first-order valence-electron chi connectivity index (χ1n) is 5.89. The van der Waals surface area contributed by atoms with Gasteiger partial charge in [-0.2, -0.15) is 5.10 Å². The second kappa shape index (κ2) is 5.03. The molecule has 0 saturated carbocycles. The maximum Gasteiger partial charge on any atom is 0.131 e. The van der Waals surface area contributed by atoms with E-state index < -0.39 is 6.10 Å². The van der Waals surface area contributed by atoms with Gasteiger partial charge in [0.25, 0.3) is 0 Å². The molecule has 0 saturated heterocycles. The van der Waals surface area contributed by atoms with Crippen molar-refractivity contribution in [2.24, 2.45) is 0 Å². The van der Waals surface area contributed by atoms with Crippen molar-refractivity contribution in [2.75, 3.05) is 0 Å². The summed E-state index contributed by atoms with van der Waals surface area (Å²) in [6.07, 6.45) is 0.882. The van der Waals surface area contributed by atoms with Crippen molar-refractivity contribution in [1.82, 2.24) is 9.78 Å². The van der Waals surface area contributed by atoms with Crippen LogP contribution in [0.3, 0.4) is 0 Å². The normalized spacial score (nSPS) is 13.3. The highest BCUT2D eigenvalue weighted by Crippen LogP contribution is 2.34. The molecule has 1 N–H and O–H groups in total. The minimum Gasteiger partial charge on any atom is -0.381 e. The van der Waals surface area contributed by atoms with Crippen LogP contribution in [0.15, 0.2) is 12.3 Å². The van der Waals surface area contributed by atoms with Crippen LogP contribution in [-0.2, 0) is 0 Å². The summed E-state index contributed by atoms with van der Waals surface area (Å²) in [4.78, 5) is 2.13. The molecule has 0 aliphatic carbocycles. The molecule has 18 heavy (non-hydrogen) atoms. The Morgan fingerprint density at radius 1 is 1.39 bits per heavy atom. The molecule has 5 heteroatoms. The number of aliphatic hydroxyl groups is 1. The van der Waals surface area contributed by atoms with Gasteiger partial charge in [-0.1, -0.05) is 11.6 Å². The lowest BCUT2D eigenvalue weighted by Crippen LogP contribution is -2.11. The summed E-state index contributed by atoms with van der Waals surface area (Å²) in [5.41, 5.74) is 1.87. The van der Waals surface area contributed by atoms with E-state index in [1.807, 2.05) is 26.8 Å². The number of aryl methyl sites for hydroxylation is 2. The Bertz CT molecular complexity index is 540. The van der Waals surface area contributed by atoms with Gasteiger partial charge in [-0.15, -0.1) is 11.3 Å². The molecule has 1 unspecified atom stereocenters. The Morgan fingerprint density at radius 3 is 2.56 bits per heavy atom. The van der Waals surface area contributed by atoms with E-state index in [1.54, 1.807) is 22.2 Å². The van der Waals surface area contributed by atoms with Gasteiger partial charge >= 0.3 is 0 Å².